The highest BCUT2D eigenvalue weighted by molar-refractivity contribution is 6.28. The molecule has 0 aliphatic heterocycles. The summed E-state index contributed by atoms with van der Waals surface area (Å²) in [5.74, 6) is 2.03. The zero-order valence-electron chi connectivity index (χ0n) is 68.6. The van der Waals surface area contributed by atoms with Crippen molar-refractivity contribution in [3.63, 3.8) is 0 Å². The second-order valence-corrected chi connectivity index (χ2v) is 31.7. The van der Waals surface area contributed by atoms with Gasteiger partial charge >= 0.3 is 0 Å². The first-order valence-corrected chi connectivity index (χ1v) is 42.6. The maximum atomic E-state index is 5.08. The van der Waals surface area contributed by atoms with Gasteiger partial charge in [-0.05, 0) is 212 Å². The van der Waals surface area contributed by atoms with Gasteiger partial charge in [0.15, 0.2) is 17.5 Å². The molecule has 21 aromatic carbocycles. The van der Waals surface area contributed by atoms with Gasteiger partial charge in [0.2, 0.25) is 0 Å². The normalized spacial score (nSPS) is 11.3. The second kappa shape index (κ2) is 33.3. The predicted octanol–water partition coefficient (Wildman–Crippen LogP) is 31.2. The average Bonchev–Trinajstić information content (AvgIpc) is 0.734. The van der Waals surface area contributed by atoms with Gasteiger partial charge in [-0.15, -0.1) is 0 Å². The summed E-state index contributed by atoms with van der Waals surface area (Å²) in [6.45, 7) is 0. The van der Waals surface area contributed by atoms with E-state index in [-0.39, 0.29) is 0 Å². The van der Waals surface area contributed by atoms with Gasteiger partial charge in [-0.1, -0.05) is 400 Å². The second-order valence-electron chi connectivity index (χ2n) is 31.7. The SMILES string of the molecule is c1ccc(-c2cccc(-c3cc(-c4ccccc4-c4ccc5c6ccccc6c6ccccc6c5c4)ncn3)c2)cc1.c1ccc(-c2cccc(-c3ccnc(-c4ccccc4-c4ccc5c6ccccc6c6ccccc6c5c4)n3)c2)cc1.c1ccc(-c2cccc(-c3ncnc(-c4ccccc4-c4ccc5c6ccccc6c6ccccc6c5c4)n3)c2)cc1. The Balaban J connectivity index is 0.000000112. The topological polar surface area (TPSA) is 90.2 Å². The van der Waals surface area contributed by atoms with Crippen molar-refractivity contribution < 1.29 is 0 Å². The molecule has 588 valence electrons. The van der Waals surface area contributed by atoms with Gasteiger partial charge in [-0.25, -0.2) is 34.9 Å². The van der Waals surface area contributed by atoms with Crippen molar-refractivity contribution in [1.29, 1.82) is 0 Å². The van der Waals surface area contributed by atoms with Gasteiger partial charge in [-0.2, -0.15) is 0 Å². The lowest BCUT2D eigenvalue weighted by atomic mass is 9.90. The van der Waals surface area contributed by atoms with Crippen LogP contribution >= 0.6 is 0 Å². The van der Waals surface area contributed by atoms with Crippen molar-refractivity contribution >= 4 is 97.0 Å². The molecule has 3 aromatic heterocycles. The number of hydrogen-bond donors (Lipinski definition) is 0. The van der Waals surface area contributed by atoms with Crippen LogP contribution in [0, 0.1) is 0 Å². The summed E-state index contributed by atoms with van der Waals surface area (Å²) < 4.78 is 0. The van der Waals surface area contributed by atoms with E-state index in [1.165, 1.54) is 125 Å². The number of aromatic nitrogens is 7. The maximum absolute atomic E-state index is 5.08. The third-order valence-electron chi connectivity index (χ3n) is 24.4. The van der Waals surface area contributed by atoms with E-state index in [1.54, 1.807) is 12.7 Å². The maximum Gasteiger partial charge on any atom is 0.163 e. The van der Waals surface area contributed by atoms with E-state index in [1.807, 2.05) is 36.5 Å². The molecule has 7 heteroatoms. The Hall–Kier alpha value is -16.9. The van der Waals surface area contributed by atoms with Crippen LogP contribution in [0.25, 0.3) is 232 Å². The van der Waals surface area contributed by atoms with Gasteiger partial charge in [0.1, 0.15) is 12.7 Å². The van der Waals surface area contributed by atoms with Crippen molar-refractivity contribution in [3.8, 4) is 135 Å². The molecule has 0 aliphatic rings. The summed E-state index contributed by atoms with van der Waals surface area (Å²) in [6, 6.07) is 159. The van der Waals surface area contributed by atoms with Gasteiger partial charge in [0.05, 0.1) is 17.1 Å². The molecule has 3 heterocycles. The standard InChI is InChI=1S/2C40H26N2.C39H25N3/c1-2-11-27(12-3-1)28-13-10-14-30(23-28)39-25-40(42-26-41-39)37-20-9-4-15-31(37)29-21-22-36-34-18-6-5-16-32(34)33-17-7-8-19-35(33)38(36)24-29;1-2-11-27(12-3-1)28-13-10-14-30(25-28)39-23-24-41-40(42-39)37-20-9-4-15-31(37)29-21-22-36-34-18-6-5-16-32(34)33-17-7-8-19-35(33)38(36)26-29;1-2-11-26(12-3-1)27-13-10-14-29(23-27)38-40-25-41-39(42-38)36-20-9-4-15-30(36)28-21-22-35-33-18-6-5-16-31(33)32-17-7-8-19-34(32)37(35)24-28/h2*1-26H;1-25H. The van der Waals surface area contributed by atoms with E-state index in [9.17, 15) is 0 Å². The molecule has 126 heavy (non-hydrogen) atoms. The number of benzene rings is 21. The lowest BCUT2D eigenvalue weighted by molar-refractivity contribution is 1.07. The van der Waals surface area contributed by atoms with Crippen LogP contribution in [0.2, 0.25) is 0 Å². The van der Waals surface area contributed by atoms with Crippen LogP contribution in [-0.4, -0.2) is 34.9 Å². The molecule has 24 rings (SSSR count). The lowest BCUT2D eigenvalue weighted by Crippen LogP contribution is -1.97. The van der Waals surface area contributed by atoms with Crippen molar-refractivity contribution in [3.05, 3.63) is 468 Å². The molecular weight excluding hydrogens is 1530 g/mol. The zero-order chi connectivity index (χ0) is 83.6. The summed E-state index contributed by atoms with van der Waals surface area (Å²) in [6.07, 6.45) is 5.16. The van der Waals surface area contributed by atoms with Gasteiger partial charge in [0.25, 0.3) is 0 Å². The first-order valence-electron chi connectivity index (χ1n) is 42.6. The summed E-state index contributed by atoms with van der Waals surface area (Å²) >= 11 is 0. The molecule has 0 atom stereocenters. The average molecular weight is 1600 g/mol. The monoisotopic (exact) mass is 1600 g/mol. The molecule has 0 bridgehead atoms. The Morgan fingerprint density at radius 1 is 0.119 bits per heavy atom. The van der Waals surface area contributed by atoms with E-state index < -0.39 is 0 Å². The molecule has 7 nitrogen and oxygen atoms in total. The first kappa shape index (κ1) is 75.3. The highest BCUT2D eigenvalue weighted by Gasteiger charge is 2.20. The van der Waals surface area contributed by atoms with Gasteiger partial charge in [0, 0.05) is 39.6 Å². The minimum Gasteiger partial charge on any atom is -0.237 e. The summed E-state index contributed by atoms with van der Waals surface area (Å²) in [5, 5.41) is 22.9. The van der Waals surface area contributed by atoms with E-state index in [4.69, 9.17) is 19.9 Å². The molecule has 0 radical (unpaired) electrons. The highest BCUT2D eigenvalue weighted by atomic mass is 15.0. The highest BCUT2D eigenvalue weighted by Crippen LogP contribution is 2.45. The Kier molecular flexibility index (Phi) is 19.9. The molecule has 0 saturated carbocycles. The number of hydrogen-bond acceptors (Lipinski definition) is 7. The Labute approximate surface area is 729 Å². The molecule has 0 unspecified atom stereocenters. The molecular formula is C119H77N7. The number of fused-ring (bicyclic) bond motifs is 18. The van der Waals surface area contributed by atoms with E-state index in [0.29, 0.717) is 11.6 Å². The van der Waals surface area contributed by atoms with Crippen molar-refractivity contribution in [2.24, 2.45) is 0 Å². The van der Waals surface area contributed by atoms with Gasteiger partial charge < -0.3 is 0 Å². The van der Waals surface area contributed by atoms with Crippen LogP contribution in [0.15, 0.2) is 468 Å². The third-order valence-corrected chi connectivity index (χ3v) is 24.4. The van der Waals surface area contributed by atoms with Crippen molar-refractivity contribution in [1.82, 2.24) is 34.9 Å². The van der Waals surface area contributed by atoms with Crippen LogP contribution in [-0.2, 0) is 0 Å². The minimum absolute atomic E-state index is 0.656. The van der Waals surface area contributed by atoms with E-state index in [0.717, 1.165) is 95.2 Å². The smallest absolute Gasteiger partial charge is 0.163 e. The first-order chi connectivity index (χ1) is 62.5. The largest absolute Gasteiger partial charge is 0.237 e. The fourth-order valence-corrected chi connectivity index (χ4v) is 18.4. The summed E-state index contributed by atoms with van der Waals surface area (Å²) in [5.41, 5.74) is 22.7. The molecule has 24 aromatic rings. The molecule has 0 amide bonds. The molecule has 0 spiro atoms. The molecule has 0 aliphatic carbocycles. The summed E-state index contributed by atoms with van der Waals surface area (Å²) in [7, 11) is 0. The van der Waals surface area contributed by atoms with Crippen LogP contribution in [0.5, 0.6) is 0 Å². The molecule has 0 N–H and O–H groups in total. The quantitative estimate of drug-likeness (QED) is 0.113. The fraction of sp³-hybridized carbons (Fsp3) is 0. The van der Waals surface area contributed by atoms with Crippen LogP contribution < -0.4 is 0 Å². The van der Waals surface area contributed by atoms with Crippen LogP contribution in [0.3, 0.4) is 0 Å². The predicted molar refractivity (Wildman–Crippen MR) is 527 cm³/mol. The number of rotatable bonds is 12. The van der Waals surface area contributed by atoms with Crippen LogP contribution in [0.4, 0.5) is 0 Å². The minimum atomic E-state index is 0.656. The van der Waals surface area contributed by atoms with Crippen molar-refractivity contribution in [2.75, 3.05) is 0 Å². The fourth-order valence-electron chi connectivity index (χ4n) is 18.4. The Bertz CT molecular complexity index is 7420. The Morgan fingerprint density at radius 3 is 0.786 bits per heavy atom. The molecule has 0 saturated heterocycles. The zero-order valence-corrected chi connectivity index (χ0v) is 68.6. The van der Waals surface area contributed by atoms with Crippen molar-refractivity contribution in [2.45, 2.75) is 0 Å². The third kappa shape index (κ3) is 14.4. The Morgan fingerprint density at radius 2 is 0.389 bits per heavy atom. The number of nitrogens with zero attached hydrogens (tertiary/aromatic N) is 7. The van der Waals surface area contributed by atoms with E-state index in [2.05, 4.69) is 434 Å². The summed E-state index contributed by atoms with van der Waals surface area (Å²) in [4.78, 5) is 33.4. The molecule has 0 fully saturated rings. The lowest BCUT2D eigenvalue weighted by Gasteiger charge is -2.14. The van der Waals surface area contributed by atoms with E-state index >= 15 is 0 Å². The van der Waals surface area contributed by atoms with Crippen LogP contribution in [0.1, 0.15) is 0 Å². The van der Waals surface area contributed by atoms with Gasteiger partial charge in [-0.3, -0.25) is 0 Å².